The average molecular weight is 486 g/mol. The summed E-state index contributed by atoms with van der Waals surface area (Å²) in [7, 11) is -1.90. The molecule has 0 spiro atoms. The lowest BCUT2D eigenvalue weighted by molar-refractivity contribution is 0.156. The Morgan fingerprint density at radius 3 is 1.97 bits per heavy atom. The highest BCUT2D eigenvalue weighted by Crippen LogP contribution is 2.45. The fourth-order valence-corrected chi connectivity index (χ4v) is 6.18. The van der Waals surface area contributed by atoms with Crippen molar-refractivity contribution >= 4 is 7.32 Å². The predicted octanol–water partition coefficient (Wildman–Crippen LogP) is 6.77. The maximum atomic E-state index is 14.8. The Morgan fingerprint density at radius 2 is 1.43 bits per heavy atom. The maximum Gasteiger partial charge on any atom is 0.707 e. The largest absolute Gasteiger partial charge is 0.707 e. The number of halogens is 2. The lowest BCUT2D eigenvalue weighted by Gasteiger charge is -2.38. The van der Waals surface area contributed by atoms with Crippen molar-refractivity contribution in [2.24, 2.45) is 17.8 Å². The van der Waals surface area contributed by atoms with Gasteiger partial charge in [0.1, 0.15) is 12.4 Å². The Labute approximate surface area is 207 Å². The SMILES string of the molecule is CCCC1CCC(C2CCC(c3cc(F)c(OCc4ccc(OB(O)O)cc4)c(F)c3)CC2)CC1. The summed E-state index contributed by atoms with van der Waals surface area (Å²) in [6, 6.07) is 9.22. The van der Waals surface area contributed by atoms with Gasteiger partial charge in [0, 0.05) is 0 Å². The van der Waals surface area contributed by atoms with E-state index in [-0.39, 0.29) is 24.0 Å². The van der Waals surface area contributed by atoms with Crippen molar-refractivity contribution in [1.29, 1.82) is 0 Å². The second-order valence-electron chi connectivity index (χ2n) is 10.4. The first-order valence-electron chi connectivity index (χ1n) is 13.2. The second-order valence-corrected chi connectivity index (χ2v) is 10.4. The van der Waals surface area contributed by atoms with Crippen molar-refractivity contribution < 1.29 is 28.2 Å². The molecule has 2 N–H and O–H groups in total. The smallest absolute Gasteiger partial charge is 0.512 e. The predicted molar refractivity (Wildman–Crippen MR) is 133 cm³/mol. The van der Waals surface area contributed by atoms with Gasteiger partial charge in [0.25, 0.3) is 0 Å². The molecule has 0 aromatic heterocycles. The molecule has 0 unspecified atom stereocenters. The molecule has 0 radical (unpaired) electrons. The van der Waals surface area contributed by atoms with Gasteiger partial charge in [-0.3, -0.25) is 0 Å². The molecule has 4 rings (SSSR count). The van der Waals surface area contributed by atoms with Crippen LogP contribution in [0.15, 0.2) is 36.4 Å². The van der Waals surface area contributed by atoms with Crippen molar-refractivity contribution in [3.8, 4) is 11.5 Å². The molecule has 2 fully saturated rings. The molecule has 2 saturated carbocycles. The van der Waals surface area contributed by atoms with E-state index in [1.165, 1.54) is 62.8 Å². The summed E-state index contributed by atoms with van der Waals surface area (Å²) >= 11 is 0. The monoisotopic (exact) mass is 486 g/mol. The molecule has 0 bridgehead atoms. The van der Waals surface area contributed by atoms with Gasteiger partial charge in [-0.05, 0) is 97.6 Å². The zero-order chi connectivity index (χ0) is 24.8. The third-order valence-corrected chi connectivity index (χ3v) is 8.07. The zero-order valence-electron chi connectivity index (χ0n) is 20.6. The summed E-state index contributed by atoms with van der Waals surface area (Å²) < 4.78 is 39.8. The molecule has 2 aliphatic rings. The van der Waals surface area contributed by atoms with Crippen molar-refractivity contribution in [2.75, 3.05) is 0 Å². The Kier molecular flexibility index (Phi) is 9.07. The van der Waals surface area contributed by atoms with Gasteiger partial charge in [0.2, 0.25) is 0 Å². The van der Waals surface area contributed by atoms with Crippen LogP contribution >= 0.6 is 0 Å². The Balaban J connectivity index is 1.29. The number of rotatable bonds is 9. The van der Waals surface area contributed by atoms with Crippen molar-refractivity contribution in [3.05, 3.63) is 59.2 Å². The zero-order valence-corrected chi connectivity index (χ0v) is 20.6. The van der Waals surface area contributed by atoms with Gasteiger partial charge in [-0.25, -0.2) is 8.78 Å². The van der Waals surface area contributed by atoms with Crippen LogP contribution in [0.1, 0.15) is 88.2 Å². The van der Waals surface area contributed by atoms with Crippen LogP contribution in [-0.2, 0) is 6.61 Å². The topological polar surface area (TPSA) is 58.9 Å². The molecule has 2 aromatic rings. The van der Waals surface area contributed by atoms with Crippen LogP contribution < -0.4 is 9.39 Å². The van der Waals surface area contributed by atoms with Crippen LogP contribution in [-0.4, -0.2) is 17.4 Å². The summed E-state index contributed by atoms with van der Waals surface area (Å²) in [6.07, 6.45) is 12.4. The van der Waals surface area contributed by atoms with E-state index in [1.807, 2.05) is 0 Å². The van der Waals surface area contributed by atoms with Gasteiger partial charge in [-0.15, -0.1) is 0 Å². The quantitative estimate of drug-likeness (QED) is 0.384. The van der Waals surface area contributed by atoms with E-state index in [2.05, 4.69) is 6.92 Å². The third kappa shape index (κ3) is 6.98. The molecular formula is C28H37BF2O4. The van der Waals surface area contributed by atoms with E-state index in [0.29, 0.717) is 5.56 Å². The summed E-state index contributed by atoms with van der Waals surface area (Å²) in [5, 5.41) is 17.7. The summed E-state index contributed by atoms with van der Waals surface area (Å²) in [4.78, 5) is 0. The van der Waals surface area contributed by atoms with Gasteiger partial charge in [0.05, 0.1) is 0 Å². The van der Waals surface area contributed by atoms with Crippen LogP contribution in [0.3, 0.4) is 0 Å². The van der Waals surface area contributed by atoms with Crippen LogP contribution in [0.5, 0.6) is 11.5 Å². The average Bonchev–Trinajstić information content (AvgIpc) is 2.85. The lowest BCUT2D eigenvalue weighted by Crippen LogP contribution is -2.25. The minimum Gasteiger partial charge on any atom is -0.512 e. The molecule has 4 nitrogen and oxygen atoms in total. The van der Waals surface area contributed by atoms with E-state index in [4.69, 9.17) is 19.4 Å². The van der Waals surface area contributed by atoms with Crippen LogP contribution in [0, 0.1) is 29.4 Å². The first kappa shape index (κ1) is 26.0. The molecule has 35 heavy (non-hydrogen) atoms. The highest BCUT2D eigenvalue weighted by atomic mass is 19.1. The molecule has 0 heterocycles. The Bertz CT molecular complexity index is 913. The van der Waals surface area contributed by atoms with Gasteiger partial charge < -0.3 is 19.4 Å². The van der Waals surface area contributed by atoms with Crippen LogP contribution in [0.25, 0.3) is 0 Å². The molecular weight excluding hydrogens is 449 g/mol. The van der Waals surface area contributed by atoms with Gasteiger partial charge >= 0.3 is 7.32 Å². The number of benzene rings is 2. The highest BCUT2D eigenvalue weighted by Gasteiger charge is 2.31. The fourth-order valence-electron chi connectivity index (χ4n) is 6.18. The minimum atomic E-state index is -1.90. The van der Waals surface area contributed by atoms with E-state index >= 15 is 0 Å². The van der Waals surface area contributed by atoms with E-state index < -0.39 is 19.0 Å². The van der Waals surface area contributed by atoms with E-state index in [0.717, 1.165) is 49.0 Å². The van der Waals surface area contributed by atoms with Crippen molar-refractivity contribution in [2.45, 2.75) is 83.7 Å². The van der Waals surface area contributed by atoms with Gasteiger partial charge in [-0.1, -0.05) is 44.7 Å². The normalized spacial score (nSPS) is 24.7. The van der Waals surface area contributed by atoms with E-state index in [9.17, 15) is 8.78 Å². The Morgan fingerprint density at radius 1 is 0.857 bits per heavy atom. The lowest BCUT2D eigenvalue weighted by atomic mass is 9.68. The van der Waals surface area contributed by atoms with Gasteiger partial charge in [0.15, 0.2) is 17.4 Å². The third-order valence-electron chi connectivity index (χ3n) is 8.07. The highest BCUT2D eigenvalue weighted by molar-refractivity contribution is 6.33. The van der Waals surface area contributed by atoms with E-state index in [1.54, 1.807) is 12.1 Å². The molecule has 0 atom stereocenters. The number of hydrogen-bond donors (Lipinski definition) is 2. The number of hydrogen-bond acceptors (Lipinski definition) is 4. The standard InChI is InChI=1S/C28H37BF2O4/c1-2-3-19-4-8-21(9-5-19)22-10-12-23(13-11-22)24-16-26(30)28(27(31)17-24)34-18-20-6-14-25(15-7-20)35-29(32)33/h6-7,14-17,19,21-23,32-33H,2-5,8-13,18H2,1H3. The minimum absolute atomic E-state index is 0.0131. The Hall–Kier alpha value is -2.12. The molecule has 2 aliphatic carbocycles. The molecule has 0 aliphatic heterocycles. The first-order valence-corrected chi connectivity index (χ1v) is 13.2. The maximum absolute atomic E-state index is 14.8. The molecule has 7 heteroatoms. The molecule has 0 amide bonds. The van der Waals surface area contributed by atoms with Crippen molar-refractivity contribution in [1.82, 2.24) is 0 Å². The molecule has 0 saturated heterocycles. The van der Waals surface area contributed by atoms with Crippen molar-refractivity contribution in [3.63, 3.8) is 0 Å². The molecule has 2 aromatic carbocycles. The fraction of sp³-hybridized carbons (Fsp3) is 0.571. The van der Waals surface area contributed by atoms with Crippen LogP contribution in [0.2, 0.25) is 0 Å². The molecule has 190 valence electrons. The summed E-state index contributed by atoms with van der Waals surface area (Å²) in [5.74, 6) is 1.30. The first-order chi connectivity index (χ1) is 16.9. The van der Waals surface area contributed by atoms with Crippen LogP contribution in [0.4, 0.5) is 8.78 Å². The number of ether oxygens (including phenoxy) is 1. The van der Waals surface area contributed by atoms with Gasteiger partial charge in [-0.2, -0.15) is 0 Å². The summed E-state index contributed by atoms with van der Waals surface area (Å²) in [5.41, 5.74) is 1.41. The second kappa shape index (κ2) is 12.2. The summed E-state index contributed by atoms with van der Waals surface area (Å²) in [6.45, 7) is 2.26.